The fourth-order valence-electron chi connectivity index (χ4n) is 13.8. The smallest absolute Gasteiger partial charge is 0.261 e. The summed E-state index contributed by atoms with van der Waals surface area (Å²) in [6, 6.07) is 13.5. The zero-order valence-electron chi connectivity index (χ0n) is 54.9. The number of amides is 2. The van der Waals surface area contributed by atoms with Crippen LogP contribution in [0.2, 0.25) is 0 Å². The standard InChI is InChI=1S/C76H122N2O2S4/c1-7-11-15-19-23-27-29-33-37-41-49-63(47-39-35-31-25-21-17-13-9-3)51-43-45-57-77-73(66-54-53-61(5)81-66)71-72(76(77)80)74(67-56-55-65(83-67)69-60-70-68(84-69)59-62(6)82-70)78(75(71)79)58-46-44-52-64(48-40-36-32-26-22-18-14-10-4)50-42-38-34-30-28-24-20-16-12-8-2/h53-56,59-60,63-64H,7-52,57-58H2,1-6H3. The minimum Gasteiger partial charge on any atom is -0.306 e. The summed E-state index contributed by atoms with van der Waals surface area (Å²) >= 11 is 7.25. The summed E-state index contributed by atoms with van der Waals surface area (Å²) in [5, 5.41) is 0. The van der Waals surface area contributed by atoms with Crippen LogP contribution >= 0.6 is 45.3 Å². The molecule has 4 aromatic rings. The van der Waals surface area contributed by atoms with Crippen molar-refractivity contribution >= 4 is 78.0 Å². The van der Waals surface area contributed by atoms with Crippen molar-refractivity contribution in [2.75, 3.05) is 13.1 Å². The van der Waals surface area contributed by atoms with Crippen LogP contribution < -0.4 is 0 Å². The van der Waals surface area contributed by atoms with Gasteiger partial charge in [-0.2, -0.15) is 0 Å². The lowest BCUT2D eigenvalue weighted by atomic mass is 9.89. The van der Waals surface area contributed by atoms with Crippen molar-refractivity contribution in [1.29, 1.82) is 0 Å². The minimum atomic E-state index is 0.0433. The van der Waals surface area contributed by atoms with Crippen molar-refractivity contribution in [3.05, 3.63) is 67.1 Å². The molecule has 0 aromatic carbocycles. The van der Waals surface area contributed by atoms with Gasteiger partial charge in [0.25, 0.3) is 11.8 Å². The number of nitrogens with zero attached hydrogens (tertiary/aromatic N) is 2. The van der Waals surface area contributed by atoms with Gasteiger partial charge in [0.05, 0.1) is 32.3 Å². The minimum absolute atomic E-state index is 0.0433. The number of carbonyl (C=O) groups excluding carboxylic acids is 2. The van der Waals surface area contributed by atoms with Gasteiger partial charge < -0.3 is 9.80 Å². The summed E-state index contributed by atoms with van der Waals surface area (Å²) in [4.78, 5) is 42.3. The van der Waals surface area contributed by atoms with Gasteiger partial charge in [0.15, 0.2) is 0 Å². The van der Waals surface area contributed by atoms with Crippen molar-refractivity contribution < 1.29 is 9.59 Å². The molecule has 0 spiro atoms. The molecule has 0 aliphatic carbocycles. The molecule has 2 atom stereocenters. The molecular formula is C76H122N2O2S4. The molecular weight excluding hydrogens is 1100 g/mol. The van der Waals surface area contributed by atoms with E-state index in [1.807, 2.05) is 22.7 Å². The van der Waals surface area contributed by atoms with Crippen LogP contribution in [0, 0.1) is 25.7 Å². The molecule has 0 saturated carbocycles. The predicted octanol–water partition coefficient (Wildman–Crippen LogP) is 26.4. The highest BCUT2D eigenvalue weighted by atomic mass is 32.1. The van der Waals surface area contributed by atoms with Crippen LogP contribution in [0.5, 0.6) is 0 Å². The first-order valence-electron chi connectivity index (χ1n) is 36.1. The second-order valence-electron chi connectivity index (χ2n) is 26.3. The Labute approximate surface area is 532 Å². The van der Waals surface area contributed by atoms with E-state index in [9.17, 15) is 0 Å². The number of carbonyl (C=O) groups is 2. The van der Waals surface area contributed by atoms with Crippen LogP contribution in [0.25, 0.3) is 30.5 Å². The molecule has 4 nitrogen and oxygen atoms in total. The molecule has 4 aromatic heterocycles. The molecule has 2 aliphatic heterocycles. The number of thiophene rings is 4. The van der Waals surface area contributed by atoms with Gasteiger partial charge in [-0.05, 0) is 74.9 Å². The quantitative estimate of drug-likeness (QED) is 0.0414. The molecule has 2 amide bonds. The average molecular weight is 1220 g/mol. The first kappa shape index (κ1) is 70.6. The van der Waals surface area contributed by atoms with Crippen LogP contribution in [0.1, 0.15) is 343 Å². The average Bonchev–Trinajstić information content (AvgIpc) is 1.60. The van der Waals surface area contributed by atoms with Crippen LogP contribution in [-0.2, 0) is 9.59 Å². The number of fused-ring (bicyclic) bond motifs is 2. The van der Waals surface area contributed by atoms with Gasteiger partial charge in [-0.15, -0.1) is 45.3 Å². The Morgan fingerprint density at radius 1 is 0.310 bits per heavy atom. The van der Waals surface area contributed by atoms with Gasteiger partial charge in [0.1, 0.15) is 0 Å². The number of hydrogen-bond acceptors (Lipinski definition) is 6. The fourth-order valence-corrected chi connectivity index (χ4v) is 18.2. The number of hydrogen-bond donors (Lipinski definition) is 0. The maximum atomic E-state index is 15.5. The van der Waals surface area contributed by atoms with Crippen molar-refractivity contribution in [3.8, 4) is 9.75 Å². The molecule has 2 unspecified atom stereocenters. The van der Waals surface area contributed by atoms with E-state index in [1.165, 1.54) is 299 Å². The fraction of sp³-hybridized carbons (Fsp3) is 0.737. The largest absolute Gasteiger partial charge is 0.306 e. The summed E-state index contributed by atoms with van der Waals surface area (Å²) in [5.41, 5.74) is 3.09. The normalized spacial score (nSPS) is 14.5. The molecule has 0 fully saturated rings. The Kier molecular flexibility index (Phi) is 35.6. The van der Waals surface area contributed by atoms with Crippen molar-refractivity contribution in [2.45, 2.75) is 337 Å². The molecule has 0 bridgehead atoms. The monoisotopic (exact) mass is 1220 g/mol. The highest BCUT2D eigenvalue weighted by Gasteiger charge is 2.49. The van der Waals surface area contributed by atoms with Gasteiger partial charge >= 0.3 is 0 Å². The molecule has 6 rings (SSSR count). The second-order valence-corrected chi connectivity index (χ2v) is 31.1. The third kappa shape index (κ3) is 24.5. The zero-order valence-corrected chi connectivity index (χ0v) is 58.2. The van der Waals surface area contributed by atoms with Gasteiger partial charge in [0.2, 0.25) is 0 Å². The molecule has 8 heteroatoms. The first-order chi connectivity index (χ1) is 41.3. The Hall–Kier alpha value is -2.52. The summed E-state index contributed by atoms with van der Waals surface area (Å²) in [6.45, 7) is 14.9. The van der Waals surface area contributed by atoms with Crippen molar-refractivity contribution in [1.82, 2.24) is 9.80 Å². The summed E-state index contributed by atoms with van der Waals surface area (Å²) in [5.74, 6) is 1.62. The number of unbranched alkanes of at least 4 members (excludes halogenated alkanes) is 34. The van der Waals surface area contributed by atoms with E-state index >= 15 is 9.59 Å². The first-order valence-corrected chi connectivity index (χ1v) is 39.3. The highest BCUT2D eigenvalue weighted by molar-refractivity contribution is 7.31. The third-order valence-electron chi connectivity index (χ3n) is 18.9. The van der Waals surface area contributed by atoms with Crippen LogP contribution in [-0.4, -0.2) is 34.7 Å². The van der Waals surface area contributed by atoms with E-state index in [4.69, 9.17) is 0 Å². The van der Waals surface area contributed by atoms with E-state index < -0.39 is 0 Å². The highest BCUT2D eigenvalue weighted by Crippen LogP contribution is 2.50. The molecule has 84 heavy (non-hydrogen) atoms. The second kappa shape index (κ2) is 42.4. The number of rotatable bonds is 53. The molecule has 0 radical (unpaired) electrons. The van der Waals surface area contributed by atoms with Gasteiger partial charge in [0, 0.05) is 42.0 Å². The molecule has 0 saturated heterocycles. The number of aryl methyl sites for hydroxylation is 2. The maximum absolute atomic E-state index is 15.5. The maximum Gasteiger partial charge on any atom is 0.261 e. The van der Waals surface area contributed by atoms with Crippen LogP contribution in [0.15, 0.2) is 47.5 Å². The summed E-state index contributed by atoms with van der Waals surface area (Å²) < 4.78 is 2.69. The molecule has 0 N–H and O–H groups in total. The molecule has 6 heterocycles. The van der Waals surface area contributed by atoms with Crippen molar-refractivity contribution in [2.24, 2.45) is 11.8 Å². The predicted molar refractivity (Wildman–Crippen MR) is 376 cm³/mol. The lowest BCUT2D eigenvalue weighted by Gasteiger charge is -2.25. The third-order valence-corrected chi connectivity index (χ3v) is 23.4. The SMILES string of the molecule is CCCCCCCCCCCCC(CCCCCCCCCC)CCCCN1C(=O)C2=C(c3ccc(-c4cc5sc(C)cc5s4)s3)N(CCCCC(CCCCCCCCCC)CCCCCCCCCCCC)C(=O)C2=C1c1ccc(C)s1. The Morgan fingerprint density at radius 3 is 0.964 bits per heavy atom. The Morgan fingerprint density at radius 2 is 0.619 bits per heavy atom. The lowest BCUT2D eigenvalue weighted by molar-refractivity contribution is -0.124. The summed E-state index contributed by atoms with van der Waals surface area (Å²) in [7, 11) is 0. The Bertz CT molecular complexity index is 2430. The molecule has 2 aliphatic rings. The van der Waals surface area contributed by atoms with E-state index in [-0.39, 0.29) is 11.8 Å². The van der Waals surface area contributed by atoms with Gasteiger partial charge in [-0.25, -0.2) is 0 Å². The van der Waals surface area contributed by atoms with Crippen LogP contribution in [0.3, 0.4) is 0 Å². The van der Waals surface area contributed by atoms with Gasteiger partial charge in [-0.1, -0.05) is 310 Å². The molecule has 472 valence electrons. The van der Waals surface area contributed by atoms with Gasteiger partial charge in [-0.3, -0.25) is 9.59 Å². The summed E-state index contributed by atoms with van der Waals surface area (Å²) in [6.07, 6.45) is 61.9. The van der Waals surface area contributed by atoms with E-state index in [0.717, 1.165) is 58.7 Å². The van der Waals surface area contributed by atoms with Crippen molar-refractivity contribution in [3.63, 3.8) is 0 Å². The van der Waals surface area contributed by atoms with E-state index in [1.54, 1.807) is 22.7 Å². The topological polar surface area (TPSA) is 40.6 Å². The van der Waals surface area contributed by atoms with Crippen LogP contribution in [0.4, 0.5) is 0 Å². The van der Waals surface area contributed by atoms with E-state index in [0.29, 0.717) is 24.2 Å². The Balaban J connectivity index is 1.14. The zero-order chi connectivity index (χ0) is 59.4. The lowest BCUT2D eigenvalue weighted by Crippen LogP contribution is -2.30. The van der Waals surface area contributed by atoms with E-state index in [2.05, 4.69) is 87.7 Å².